The van der Waals surface area contributed by atoms with Gasteiger partial charge in [-0.15, -0.1) is 0 Å². The highest BCUT2D eigenvalue weighted by atomic mass is 32.2. The van der Waals surface area contributed by atoms with Gasteiger partial charge < -0.3 is 14.4 Å². The zero-order valence-corrected chi connectivity index (χ0v) is 14.1. The van der Waals surface area contributed by atoms with Gasteiger partial charge in [0.2, 0.25) is 0 Å². The molecule has 8 nitrogen and oxygen atoms in total. The van der Waals surface area contributed by atoms with Gasteiger partial charge in [-0.3, -0.25) is 4.72 Å². The van der Waals surface area contributed by atoms with Gasteiger partial charge >= 0.3 is 0 Å². The molecule has 3 aromatic rings. The van der Waals surface area contributed by atoms with Gasteiger partial charge in [-0.1, -0.05) is 10.3 Å². The first-order chi connectivity index (χ1) is 11.3. The zero-order valence-electron chi connectivity index (χ0n) is 13.3. The number of nitrogens with zero attached hydrogens (tertiary/aromatic N) is 2. The van der Waals surface area contributed by atoms with Crippen LogP contribution in [0.1, 0.15) is 17.2 Å². The van der Waals surface area contributed by atoms with E-state index in [0.717, 1.165) is 5.69 Å². The predicted molar refractivity (Wildman–Crippen MR) is 87.8 cm³/mol. The van der Waals surface area contributed by atoms with Crippen LogP contribution in [0.5, 0.6) is 0 Å². The molecule has 0 aliphatic rings. The second kappa shape index (κ2) is 6.00. The third kappa shape index (κ3) is 3.25. The van der Waals surface area contributed by atoms with Crippen LogP contribution in [0.25, 0.3) is 0 Å². The number of rotatable bonds is 5. The van der Waals surface area contributed by atoms with Crippen molar-refractivity contribution in [3.8, 4) is 0 Å². The van der Waals surface area contributed by atoms with Crippen molar-refractivity contribution in [2.24, 2.45) is 0 Å². The molecule has 24 heavy (non-hydrogen) atoms. The normalized spacial score (nSPS) is 11.5. The van der Waals surface area contributed by atoms with Gasteiger partial charge in [0.1, 0.15) is 11.5 Å². The summed E-state index contributed by atoms with van der Waals surface area (Å²) in [4.78, 5) is 0.0581. The number of hydrogen-bond donors (Lipinski definition) is 2. The van der Waals surface area contributed by atoms with Gasteiger partial charge in [0, 0.05) is 17.4 Å². The van der Waals surface area contributed by atoms with Gasteiger partial charge in [-0.2, -0.15) is 0 Å². The molecule has 0 unspecified atom stereocenters. The first-order valence-corrected chi connectivity index (χ1v) is 8.59. The smallest absolute Gasteiger partial charge is 0.267 e. The van der Waals surface area contributed by atoms with Crippen LogP contribution in [0.3, 0.4) is 0 Å². The Morgan fingerprint density at radius 1 is 0.958 bits per heavy atom. The molecule has 0 saturated heterocycles. The summed E-state index contributed by atoms with van der Waals surface area (Å²) in [5, 5.41) is 10.6. The average Bonchev–Trinajstić information content (AvgIpc) is 3.07. The maximum atomic E-state index is 12.4. The van der Waals surface area contributed by atoms with Gasteiger partial charge in [0.05, 0.1) is 0 Å². The molecule has 2 heterocycles. The van der Waals surface area contributed by atoms with E-state index in [0.29, 0.717) is 23.0 Å². The highest BCUT2D eigenvalue weighted by molar-refractivity contribution is 7.92. The lowest BCUT2D eigenvalue weighted by molar-refractivity contribution is 0.390. The second-order valence-corrected chi connectivity index (χ2v) is 6.90. The first kappa shape index (κ1) is 16.1. The SMILES string of the molecule is Cc1cc(Nc2ccc(NS(=O)(=O)c3c(C)noc3C)cc2)no1. The molecule has 0 aliphatic heterocycles. The minimum atomic E-state index is -3.75. The molecule has 0 aliphatic carbocycles. The Balaban J connectivity index is 1.76. The Kier molecular flexibility index (Phi) is 4.02. The summed E-state index contributed by atoms with van der Waals surface area (Å²) in [6.07, 6.45) is 0. The number of aryl methyl sites for hydroxylation is 3. The molecular weight excluding hydrogens is 332 g/mol. The van der Waals surface area contributed by atoms with Gasteiger partial charge in [0.25, 0.3) is 10.0 Å². The summed E-state index contributed by atoms with van der Waals surface area (Å²) >= 11 is 0. The van der Waals surface area contributed by atoms with Gasteiger partial charge in [-0.05, 0) is 45.0 Å². The van der Waals surface area contributed by atoms with Gasteiger partial charge in [0.15, 0.2) is 16.5 Å². The minimum Gasteiger partial charge on any atom is -0.360 e. The third-order valence-corrected chi connectivity index (χ3v) is 4.90. The topological polar surface area (TPSA) is 110 Å². The summed E-state index contributed by atoms with van der Waals surface area (Å²) < 4.78 is 37.3. The minimum absolute atomic E-state index is 0.0581. The molecule has 0 spiro atoms. The summed E-state index contributed by atoms with van der Waals surface area (Å²) in [7, 11) is -3.75. The molecule has 0 atom stereocenters. The van der Waals surface area contributed by atoms with Crippen LogP contribution in [0.15, 0.2) is 44.3 Å². The van der Waals surface area contributed by atoms with Crippen molar-refractivity contribution in [1.82, 2.24) is 10.3 Å². The van der Waals surface area contributed by atoms with Crippen LogP contribution in [0.4, 0.5) is 17.2 Å². The van der Waals surface area contributed by atoms with Crippen molar-refractivity contribution in [1.29, 1.82) is 0 Å². The number of aromatic nitrogens is 2. The monoisotopic (exact) mass is 348 g/mol. The molecule has 1 aromatic carbocycles. The van der Waals surface area contributed by atoms with Gasteiger partial charge in [-0.25, -0.2) is 8.42 Å². The van der Waals surface area contributed by atoms with Crippen LogP contribution in [0, 0.1) is 20.8 Å². The highest BCUT2D eigenvalue weighted by Crippen LogP contribution is 2.24. The van der Waals surface area contributed by atoms with Crippen molar-refractivity contribution in [2.75, 3.05) is 10.0 Å². The van der Waals surface area contributed by atoms with Crippen molar-refractivity contribution in [3.63, 3.8) is 0 Å². The van der Waals surface area contributed by atoms with Crippen LogP contribution in [0.2, 0.25) is 0 Å². The van der Waals surface area contributed by atoms with E-state index in [1.807, 2.05) is 0 Å². The molecule has 0 bridgehead atoms. The zero-order chi connectivity index (χ0) is 17.3. The molecule has 0 amide bonds. The Hall–Kier alpha value is -2.81. The summed E-state index contributed by atoms with van der Waals surface area (Å²) in [5.41, 5.74) is 1.50. The Morgan fingerprint density at radius 2 is 1.62 bits per heavy atom. The first-order valence-electron chi connectivity index (χ1n) is 7.11. The lowest BCUT2D eigenvalue weighted by Crippen LogP contribution is -2.14. The largest absolute Gasteiger partial charge is 0.360 e. The van der Waals surface area contributed by atoms with Crippen molar-refractivity contribution < 1.29 is 17.5 Å². The number of nitrogens with one attached hydrogen (secondary N) is 2. The number of hydrogen-bond acceptors (Lipinski definition) is 7. The fourth-order valence-corrected chi connectivity index (χ4v) is 3.65. The molecule has 0 fully saturated rings. The Morgan fingerprint density at radius 3 is 2.17 bits per heavy atom. The van der Waals surface area contributed by atoms with Crippen molar-refractivity contribution >= 4 is 27.2 Å². The van der Waals surface area contributed by atoms with E-state index >= 15 is 0 Å². The molecule has 2 N–H and O–H groups in total. The van der Waals surface area contributed by atoms with E-state index in [-0.39, 0.29) is 10.7 Å². The number of anilines is 3. The van der Waals surface area contributed by atoms with Crippen LogP contribution in [-0.2, 0) is 10.0 Å². The quantitative estimate of drug-likeness (QED) is 0.728. The Labute approximate surface area is 138 Å². The molecule has 3 rings (SSSR count). The summed E-state index contributed by atoms with van der Waals surface area (Å²) in [6.45, 7) is 4.93. The maximum Gasteiger partial charge on any atom is 0.267 e. The fourth-order valence-electron chi connectivity index (χ4n) is 2.26. The fraction of sp³-hybridized carbons (Fsp3) is 0.200. The highest BCUT2D eigenvalue weighted by Gasteiger charge is 2.24. The van der Waals surface area contributed by atoms with Crippen LogP contribution < -0.4 is 10.0 Å². The molecule has 2 aromatic heterocycles. The third-order valence-electron chi connectivity index (χ3n) is 3.27. The summed E-state index contributed by atoms with van der Waals surface area (Å²) in [6, 6.07) is 8.51. The van der Waals surface area contributed by atoms with Crippen LogP contribution >= 0.6 is 0 Å². The van der Waals surface area contributed by atoms with E-state index in [1.54, 1.807) is 51.1 Å². The standard InChI is InChI=1S/C15H16N4O4S/c1-9-8-14(18-22-9)16-12-4-6-13(7-5-12)19-24(20,21)15-10(2)17-23-11(15)3/h4-8,19H,1-3H3,(H,16,18). The lowest BCUT2D eigenvalue weighted by atomic mass is 10.3. The van der Waals surface area contributed by atoms with E-state index in [1.165, 1.54) is 0 Å². The Bertz CT molecular complexity index is 938. The number of benzene rings is 1. The average molecular weight is 348 g/mol. The summed E-state index contributed by atoms with van der Waals surface area (Å²) in [5.74, 6) is 1.53. The van der Waals surface area contributed by atoms with Crippen LogP contribution in [-0.4, -0.2) is 18.7 Å². The molecule has 126 valence electrons. The van der Waals surface area contributed by atoms with E-state index < -0.39 is 10.0 Å². The van der Waals surface area contributed by atoms with E-state index in [4.69, 9.17) is 9.05 Å². The molecule has 9 heteroatoms. The predicted octanol–water partition coefficient (Wildman–Crippen LogP) is 3.13. The molecule has 0 saturated carbocycles. The van der Waals surface area contributed by atoms with E-state index in [2.05, 4.69) is 20.4 Å². The maximum absolute atomic E-state index is 12.4. The van der Waals surface area contributed by atoms with Crippen molar-refractivity contribution in [3.05, 3.63) is 47.5 Å². The molecular formula is C15H16N4O4S. The lowest BCUT2D eigenvalue weighted by Gasteiger charge is -2.08. The number of sulfonamides is 1. The molecule has 0 radical (unpaired) electrons. The van der Waals surface area contributed by atoms with E-state index in [9.17, 15) is 8.42 Å². The van der Waals surface area contributed by atoms with Crippen molar-refractivity contribution in [2.45, 2.75) is 25.7 Å². The second-order valence-electron chi connectivity index (χ2n) is 5.28.